The number of hydrogen-bond donors (Lipinski definition) is 2. The third kappa shape index (κ3) is 5.70. The van der Waals surface area contributed by atoms with E-state index in [9.17, 15) is 4.79 Å². The normalized spacial score (nSPS) is 11.9. The third-order valence-corrected chi connectivity index (χ3v) is 2.88. The molecule has 3 N–H and O–H groups in total. The second kappa shape index (κ2) is 7.74. The average molecular weight is 280 g/mol. The molecule has 0 saturated carbocycles. The summed E-state index contributed by atoms with van der Waals surface area (Å²) in [5.74, 6) is 0.823. The molecule has 104 valence electrons. The van der Waals surface area contributed by atoms with Gasteiger partial charge in [0.15, 0.2) is 0 Å². The number of thiocarbonyl (C=S) groups is 1. The van der Waals surface area contributed by atoms with Crippen molar-refractivity contribution in [1.82, 2.24) is 5.32 Å². The van der Waals surface area contributed by atoms with Crippen LogP contribution in [0.15, 0.2) is 30.3 Å². The number of amides is 1. The highest BCUT2D eigenvalue weighted by atomic mass is 32.1. The summed E-state index contributed by atoms with van der Waals surface area (Å²) in [7, 11) is 0. The molecular weight excluding hydrogens is 260 g/mol. The van der Waals surface area contributed by atoms with Crippen molar-refractivity contribution in [3.05, 3.63) is 30.3 Å². The zero-order valence-corrected chi connectivity index (χ0v) is 12.1. The Morgan fingerprint density at radius 3 is 2.53 bits per heavy atom. The first kappa shape index (κ1) is 15.4. The first-order chi connectivity index (χ1) is 9.00. The maximum Gasteiger partial charge on any atom is 0.223 e. The van der Waals surface area contributed by atoms with Gasteiger partial charge in [-0.05, 0) is 18.1 Å². The summed E-state index contributed by atoms with van der Waals surface area (Å²) in [5.41, 5.74) is 5.59. The van der Waals surface area contributed by atoms with Crippen molar-refractivity contribution in [2.45, 2.75) is 26.3 Å². The van der Waals surface area contributed by atoms with E-state index in [1.807, 2.05) is 44.2 Å². The topological polar surface area (TPSA) is 64.3 Å². The fourth-order valence-electron chi connectivity index (χ4n) is 1.59. The zero-order valence-electron chi connectivity index (χ0n) is 11.3. The minimum absolute atomic E-state index is 0.109. The van der Waals surface area contributed by atoms with E-state index >= 15 is 0 Å². The van der Waals surface area contributed by atoms with Crippen LogP contribution in [0.4, 0.5) is 0 Å². The van der Waals surface area contributed by atoms with Gasteiger partial charge in [-0.1, -0.05) is 44.3 Å². The molecule has 0 fully saturated rings. The molecule has 0 heterocycles. The summed E-state index contributed by atoms with van der Waals surface area (Å²) >= 11 is 4.93. The molecule has 19 heavy (non-hydrogen) atoms. The lowest BCUT2D eigenvalue weighted by molar-refractivity contribution is -0.122. The average Bonchev–Trinajstić information content (AvgIpc) is 2.36. The van der Waals surface area contributed by atoms with Crippen molar-refractivity contribution in [3.8, 4) is 5.75 Å². The molecule has 1 rings (SSSR count). The lowest BCUT2D eigenvalue weighted by Gasteiger charge is -2.21. The van der Waals surface area contributed by atoms with Crippen LogP contribution in [0.25, 0.3) is 0 Å². The highest BCUT2D eigenvalue weighted by Gasteiger charge is 2.18. The second-order valence-corrected chi connectivity index (χ2v) is 5.07. The van der Waals surface area contributed by atoms with E-state index in [1.165, 1.54) is 0 Å². The van der Waals surface area contributed by atoms with E-state index in [0.29, 0.717) is 11.6 Å². The van der Waals surface area contributed by atoms with E-state index in [4.69, 9.17) is 22.7 Å². The highest BCUT2D eigenvalue weighted by Crippen LogP contribution is 2.08. The lowest BCUT2D eigenvalue weighted by atomic mass is 10.0. The monoisotopic (exact) mass is 280 g/mol. The fourth-order valence-corrected chi connectivity index (χ4v) is 1.92. The number of carbonyl (C=O) groups is 1. The van der Waals surface area contributed by atoms with Crippen LogP contribution >= 0.6 is 12.2 Å². The molecule has 0 aliphatic heterocycles. The SMILES string of the molecule is CC(C)C(NC(=O)CCOc1ccccc1)C(N)=S. The Labute approximate surface area is 119 Å². The van der Waals surface area contributed by atoms with Gasteiger partial charge in [-0.3, -0.25) is 4.79 Å². The maximum absolute atomic E-state index is 11.7. The molecule has 0 aliphatic carbocycles. The van der Waals surface area contributed by atoms with Gasteiger partial charge in [-0.25, -0.2) is 0 Å². The van der Waals surface area contributed by atoms with Crippen LogP contribution in [-0.4, -0.2) is 23.5 Å². The Kier molecular flexibility index (Phi) is 6.29. The van der Waals surface area contributed by atoms with E-state index < -0.39 is 0 Å². The Morgan fingerprint density at radius 1 is 1.37 bits per heavy atom. The molecule has 0 spiro atoms. The first-order valence-electron chi connectivity index (χ1n) is 6.27. The molecule has 0 bridgehead atoms. The van der Waals surface area contributed by atoms with Crippen LogP contribution in [0, 0.1) is 5.92 Å². The van der Waals surface area contributed by atoms with Crippen LogP contribution in [0.5, 0.6) is 5.75 Å². The minimum atomic E-state index is -0.265. The Balaban J connectivity index is 2.33. The highest BCUT2D eigenvalue weighted by molar-refractivity contribution is 7.80. The Bertz CT molecular complexity index is 421. The van der Waals surface area contributed by atoms with Crippen molar-refractivity contribution in [2.24, 2.45) is 11.7 Å². The van der Waals surface area contributed by atoms with Crippen LogP contribution in [0.1, 0.15) is 20.3 Å². The van der Waals surface area contributed by atoms with Crippen LogP contribution < -0.4 is 15.8 Å². The van der Waals surface area contributed by atoms with Gasteiger partial charge in [0, 0.05) is 0 Å². The number of nitrogens with two attached hydrogens (primary N) is 1. The number of nitrogens with one attached hydrogen (secondary N) is 1. The van der Waals surface area contributed by atoms with Gasteiger partial charge in [0.1, 0.15) is 5.75 Å². The summed E-state index contributed by atoms with van der Waals surface area (Å²) in [6, 6.07) is 9.12. The van der Waals surface area contributed by atoms with Gasteiger partial charge in [0.2, 0.25) is 5.91 Å². The predicted octanol–water partition coefficient (Wildman–Crippen LogP) is 1.88. The molecule has 1 unspecified atom stereocenters. The molecular formula is C14H20N2O2S. The van der Waals surface area contributed by atoms with Gasteiger partial charge >= 0.3 is 0 Å². The third-order valence-electron chi connectivity index (χ3n) is 2.63. The first-order valence-corrected chi connectivity index (χ1v) is 6.68. The van der Waals surface area contributed by atoms with Gasteiger partial charge in [0.05, 0.1) is 24.1 Å². The van der Waals surface area contributed by atoms with Crippen molar-refractivity contribution in [2.75, 3.05) is 6.61 Å². The van der Waals surface area contributed by atoms with Crippen LogP contribution in [0.2, 0.25) is 0 Å². The fraction of sp³-hybridized carbons (Fsp3) is 0.429. The number of carbonyl (C=O) groups excluding carboxylic acids is 1. The van der Waals surface area contributed by atoms with Crippen molar-refractivity contribution in [1.29, 1.82) is 0 Å². The number of para-hydroxylation sites is 1. The van der Waals surface area contributed by atoms with Crippen LogP contribution in [-0.2, 0) is 4.79 Å². The van der Waals surface area contributed by atoms with Crippen molar-refractivity contribution >= 4 is 23.1 Å². The molecule has 0 aromatic heterocycles. The smallest absolute Gasteiger partial charge is 0.223 e. The molecule has 1 aromatic carbocycles. The minimum Gasteiger partial charge on any atom is -0.493 e. The summed E-state index contributed by atoms with van der Waals surface area (Å²) in [5, 5.41) is 2.82. The van der Waals surface area contributed by atoms with Crippen LogP contribution in [0.3, 0.4) is 0 Å². The van der Waals surface area contributed by atoms with E-state index in [2.05, 4.69) is 5.32 Å². The molecule has 0 aliphatic rings. The molecule has 1 atom stereocenters. The molecule has 0 radical (unpaired) electrons. The van der Waals surface area contributed by atoms with Gasteiger partial charge in [0.25, 0.3) is 0 Å². The van der Waals surface area contributed by atoms with E-state index in [0.717, 1.165) is 5.75 Å². The molecule has 1 aromatic rings. The summed E-state index contributed by atoms with van der Waals surface area (Å²) in [6.07, 6.45) is 0.278. The molecule has 1 amide bonds. The number of ether oxygens (including phenoxy) is 1. The lowest BCUT2D eigenvalue weighted by Crippen LogP contribution is -2.47. The summed E-state index contributed by atoms with van der Waals surface area (Å²) < 4.78 is 5.45. The van der Waals surface area contributed by atoms with Crippen molar-refractivity contribution in [3.63, 3.8) is 0 Å². The summed E-state index contributed by atoms with van der Waals surface area (Å²) in [6.45, 7) is 4.26. The second-order valence-electron chi connectivity index (χ2n) is 4.60. The Morgan fingerprint density at radius 2 is 2.00 bits per heavy atom. The standard InChI is InChI=1S/C14H20N2O2S/c1-10(2)13(14(15)19)16-12(17)8-9-18-11-6-4-3-5-7-11/h3-7,10,13H,8-9H2,1-2H3,(H2,15,19)(H,16,17). The summed E-state index contributed by atoms with van der Waals surface area (Å²) in [4.78, 5) is 12.1. The zero-order chi connectivity index (χ0) is 14.3. The van der Waals surface area contributed by atoms with E-state index in [-0.39, 0.29) is 24.3 Å². The molecule has 4 nitrogen and oxygen atoms in total. The maximum atomic E-state index is 11.7. The largest absolute Gasteiger partial charge is 0.493 e. The van der Waals surface area contributed by atoms with Gasteiger partial charge < -0.3 is 15.8 Å². The van der Waals surface area contributed by atoms with Gasteiger partial charge in [-0.2, -0.15) is 0 Å². The molecule has 5 heteroatoms. The van der Waals surface area contributed by atoms with Gasteiger partial charge in [-0.15, -0.1) is 0 Å². The molecule has 0 saturated heterocycles. The Hall–Kier alpha value is -1.62. The number of rotatable bonds is 7. The quantitative estimate of drug-likeness (QED) is 0.749. The van der Waals surface area contributed by atoms with Crippen molar-refractivity contribution < 1.29 is 9.53 Å². The number of hydrogen-bond acceptors (Lipinski definition) is 3. The van der Waals surface area contributed by atoms with E-state index in [1.54, 1.807) is 0 Å². The number of benzene rings is 1. The predicted molar refractivity (Wildman–Crippen MR) is 80.1 cm³/mol.